The Morgan fingerprint density at radius 2 is 2.00 bits per heavy atom. The van der Waals surface area contributed by atoms with Crippen LogP contribution in [0, 0.1) is 0 Å². The lowest BCUT2D eigenvalue weighted by molar-refractivity contribution is 0.0379. The van der Waals surface area contributed by atoms with E-state index < -0.39 is 16.0 Å². The lowest BCUT2D eigenvalue weighted by Crippen LogP contribution is -2.16. The average Bonchev–Trinajstić information content (AvgIpc) is 2.17. The van der Waals surface area contributed by atoms with E-state index in [0.29, 0.717) is 5.02 Å². The molecular formula is C11H14ClNO4S. The van der Waals surface area contributed by atoms with Crippen LogP contribution in [0.5, 0.6) is 0 Å². The molecule has 1 aromatic carbocycles. The molecule has 0 atom stereocenters. The number of carbonyl (C=O) groups excluding carboxylic acids is 1. The first kappa shape index (κ1) is 14.8. The van der Waals surface area contributed by atoms with Crippen LogP contribution < -0.4 is 4.72 Å². The Kier molecular flexibility index (Phi) is 4.59. The molecule has 0 aliphatic heterocycles. The van der Waals surface area contributed by atoms with Gasteiger partial charge in [0, 0.05) is 5.02 Å². The number of hydrogen-bond donors (Lipinski definition) is 1. The summed E-state index contributed by atoms with van der Waals surface area (Å²) in [6.45, 7) is 3.40. The summed E-state index contributed by atoms with van der Waals surface area (Å²) in [5.41, 5.74) is 0.231. The molecule has 0 aliphatic rings. The van der Waals surface area contributed by atoms with Crippen LogP contribution in [-0.2, 0) is 14.8 Å². The van der Waals surface area contributed by atoms with Gasteiger partial charge in [-0.15, -0.1) is 0 Å². The minimum atomic E-state index is -3.48. The van der Waals surface area contributed by atoms with Gasteiger partial charge in [0.25, 0.3) is 0 Å². The van der Waals surface area contributed by atoms with Gasteiger partial charge in [-0.05, 0) is 32.0 Å². The van der Waals surface area contributed by atoms with E-state index in [1.807, 2.05) is 0 Å². The predicted octanol–water partition coefficient (Wildman–Crippen LogP) is 2.28. The van der Waals surface area contributed by atoms with E-state index in [0.717, 1.165) is 6.26 Å². The minimum absolute atomic E-state index is 0.0848. The maximum atomic E-state index is 11.8. The summed E-state index contributed by atoms with van der Waals surface area (Å²) >= 11 is 5.78. The van der Waals surface area contributed by atoms with E-state index in [9.17, 15) is 13.2 Å². The van der Waals surface area contributed by atoms with Gasteiger partial charge in [0.15, 0.2) is 0 Å². The molecule has 0 heterocycles. The van der Waals surface area contributed by atoms with Crippen LogP contribution in [0.15, 0.2) is 18.2 Å². The maximum Gasteiger partial charge on any atom is 0.340 e. The monoisotopic (exact) mass is 291 g/mol. The van der Waals surface area contributed by atoms with Gasteiger partial charge >= 0.3 is 5.97 Å². The quantitative estimate of drug-likeness (QED) is 0.864. The third kappa shape index (κ3) is 4.54. The van der Waals surface area contributed by atoms with E-state index in [-0.39, 0.29) is 17.4 Å². The molecule has 0 radical (unpaired) electrons. The summed E-state index contributed by atoms with van der Waals surface area (Å²) in [5, 5.41) is 0.324. The van der Waals surface area contributed by atoms with E-state index in [2.05, 4.69) is 4.72 Å². The Morgan fingerprint density at radius 3 is 2.50 bits per heavy atom. The van der Waals surface area contributed by atoms with Crippen molar-refractivity contribution in [3.05, 3.63) is 28.8 Å². The number of sulfonamides is 1. The molecule has 5 nitrogen and oxygen atoms in total. The lowest BCUT2D eigenvalue weighted by Gasteiger charge is -2.12. The number of benzene rings is 1. The average molecular weight is 292 g/mol. The number of ether oxygens (including phenoxy) is 1. The molecule has 0 saturated heterocycles. The van der Waals surface area contributed by atoms with Crippen molar-refractivity contribution < 1.29 is 17.9 Å². The highest BCUT2D eigenvalue weighted by Gasteiger charge is 2.17. The van der Waals surface area contributed by atoms with Gasteiger partial charge in [-0.2, -0.15) is 0 Å². The Morgan fingerprint density at radius 1 is 1.39 bits per heavy atom. The molecule has 1 aromatic rings. The molecule has 0 aromatic heterocycles. The van der Waals surface area contributed by atoms with Gasteiger partial charge in [0.05, 0.1) is 23.6 Å². The normalized spacial score (nSPS) is 11.4. The number of esters is 1. The summed E-state index contributed by atoms with van der Waals surface area (Å²) in [5.74, 6) is -0.626. The second-order valence-electron chi connectivity index (χ2n) is 4.02. The largest absolute Gasteiger partial charge is 0.459 e. The Labute approximate surface area is 111 Å². The van der Waals surface area contributed by atoms with Crippen LogP contribution >= 0.6 is 11.6 Å². The Bertz CT molecular complexity index is 554. The van der Waals surface area contributed by atoms with Crippen molar-refractivity contribution in [1.82, 2.24) is 0 Å². The molecule has 0 unspecified atom stereocenters. The molecule has 1 N–H and O–H groups in total. The number of hydrogen-bond acceptors (Lipinski definition) is 4. The number of anilines is 1. The second kappa shape index (κ2) is 5.58. The van der Waals surface area contributed by atoms with E-state index in [1.54, 1.807) is 13.8 Å². The molecule has 100 valence electrons. The summed E-state index contributed by atoms with van der Waals surface area (Å²) in [6, 6.07) is 4.27. The van der Waals surface area contributed by atoms with Crippen LogP contribution in [0.4, 0.5) is 5.69 Å². The summed E-state index contributed by atoms with van der Waals surface area (Å²) in [7, 11) is -3.48. The topological polar surface area (TPSA) is 72.5 Å². The molecule has 0 bridgehead atoms. The number of carbonyl (C=O) groups is 1. The predicted molar refractivity (Wildman–Crippen MR) is 70.5 cm³/mol. The van der Waals surface area contributed by atoms with Crippen molar-refractivity contribution in [2.24, 2.45) is 0 Å². The number of halogens is 1. The summed E-state index contributed by atoms with van der Waals surface area (Å²) in [6.07, 6.45) is 0.696. The summed E-state index contributed by atoms with van der Waals surface area (Å²) in [4.78, 5) is 11.8. The standard InChI is InChI=1S/C11H14ClNO4S/c1-7(2)17-11(14)9-6-8(12)4-5-10(9)13-18(3,15)16/h4-7,13H,1-3H3. The van der Waals surface area contributed by atoms with Crippen molar-refractivity contribution >= 4 is 33.3 Å². The molecule has 7 heteroatoms. The lowest BCUT2D eigenvalue weighted by atomic mass is 10.2. The molecule has 0 fully saturated rings. The molecule has 0 aliphatic carbocycles. The maximum absolute atomic E-state index is 11.8. The molecule has 1 rings (SSSR count). The number of rotatable bonds is 4. The van der Waals surface area contributed by atoms with Crippen molar-refractivity contribution in [2.45, 2.75) is 20.0 Å². The van der Waals surface area contributed by atoms with Crippen molar-refractivity contribution in [2.75, 3.05) is 11.0 Å². The molecule has 0 amide bonds. The van der Waals surface area contributed by atoms with Gasteiger partial charge in [-0.1, -0.05) is 11.6 Å². The van der Waals surface area contributed by atoms with Crippen LogP contribution in [-0.4, -0.2) is 26.7 Å². The van der Waals surface area contributed by atoms with E-state index in [4.69, 9.17) is 16.3 Å². The van der Waals surface area contributed by atoms with Gasteiger partial charge < -0.3 is 4.74 Å². The fraction of sp³-hybridized carbons (Fsp3) is 0.364. The first-order chi connectivity index (χ1) is 8.19. The van der Waals surface area contributed by atoms with Gasteiger partial charge in [0.1, 0.15) is 0 Å². The first-order valence-electron chi connectivity index (χ1n) is 5.17. The Balaban J connectivity index is 3.15. The SMILES string of the molecule is CC(C)OC(=O)c1cc(Cl)ccc1NS(C)(=O)=O. The highest BCUT2D eigenvalue weighted by molar-refractivity contribution is 7.92. The number of nitrogens with one attached hydrogen (secondary N) is 1. The highest BCUT2D eigenvalue weighted by Crippen LogP contribution is 2.22. The van der Waals surface area contributed by atoms with Crippen molar-refractivity contribution in [3.8, 4) is 0 Å². The zero-order valence-corrected chi connectivity index (χ0v) is 11.8. The second-order valence-corrected chi connectivity index (χ2v) is 6.20. The van der Waals surface area contributed by atoms with Crippen molar-refractivity contribution in [1.29, 1.82) is 0 Å². The van der Waals surface area contributed by atoms with Crippen LogP contribution in [0.25, 0.3) is 0 Å². The van der Waals surface area contributed by atoms with Crippen LogP contribution in [0.3, 0.4) is 0 Å². The molecule has 0 saturated carbocycles. The van der Waals surface area contributed by atoms with E-state index in [1.165, 1.54) is 18.2 Å². The zero-order valence-electron chi connectivity index (χ0n) is 10.2. The first-order valence-corrected chi connectivity index (χ1v) is 7.44. The highest BCUT2D eigenvalue weighted by atomic mass is 35.5. The minimum Gasteiger partial charge on any atom is -0.459 e. The molecular weight excluding hydrogens is 278 g/mol. The third-order valence-corrected chi connectivity index (χ3v) is 2.67. The molecule has 18 heavy (non-hydrogen) atoms. The van der Waals surface area contributed by atoms with Gasteiger partial charge in [-0.25, -0.2) is 13.2 Å². The smallest absolute Gasteiger partial charge is 0.340 e. The molecule has 0 spiro atoms. The zero-order chi connectivity index (χ0) is 13.9. The van der Waals surface area contributed by atoms with Crippen molar-refractivity contribution in [3.63, 3.8) is 0 Å². The van der Waals surface area contributed by atoms with Crippen LogP contribution in [0.1, 0.15) is 24.2 Å². The van der Waals surface area contributed by atoms with Gasteiger partial charge in [-0.3, -0.25) is 4.72 Å². The van der Waals surface area contributed by atoms with Crippen LogP contribution in [0.2, 0.25) is 5.02 Å². The fourth-order valence-electron chi connectivity index (χ4n) is 1.25. The fourth-order valence-corrected chi connectivity index (χ4v) is 2.00. The third-order valence-electron chi connectivity index (χ3n) is 1.84. The summed E-state index contributed by atoms with van der Waals surface area (Å²) < 4.78 is 29.6. The van der Waals surface area contributed by atoms with Gasteiger partial charge in [0.2, 0.25) is 10.0 Å². The van der Waals surface area contributed by atoms with E-state index >= 15 is 0 Å². The Hall–Kier alpha value is -1.27.